The number of ether oxygens (including phenoxy) is 1. The lowest BCUT2D eigenvalue weighted by molar-refractivity contribution is 0.240. The van der Waals surface area contributed by atoms with Gasteiger partial charge in [-0.25, -0.2) is 4.98 Å². The maximum absolute atomic E-state index is 6.90. The monoisotopic (exact) mass is 941 g/mol. The van der Waals surface area contributed by atoms with Gasteiger partial charge in [-0.3, -0.25) is 9.47 Å². The Morgan fingerprint density at radius 1 is 0.417 bits per heavy atom. The molecular formula is C64H43N5O2Si. The summed E-state index contributed by atoms with van der Waals surface area (Å²) >= 11 is 0. The maximum Gasteiger partial charge on any atom is 0.238 e. The van der Waals surface area contributed by atoms with Crippen molar-refractivity contribution < 1.29 is 9.15 Å². The van der Waals surface area contributed by atoms with Gasteiger partial charge >= 0.3 is 0 Å². The fourth-order valence-corrected chi connectivity index (χ4v) is 15.9. The van der Waals surface area contributed by atoms with Crippen molar-refractivity contribution in [3.63, 3.8) is 0 Å². The van der Waals surface area contributed by atoms with Gasteiger partial charge < -0.3 is 9.15 Å². The third-order valence-electron chi connectivity index (χ3n) is 14.2. The van der Waals surface area contributed by atoms with E-state index in [4.69, 9.17) is 24.1 Å². The van der Waals surface area contributed by atoms with E-state index in [0.717, 1.165) is 77.6 Å². The minimum atomic E-state index is -2.90. The number of hydrogen-bond donors (Lipinski definition) is 0. The van der Waals surface area contributed by atoms with Gasteiger partial charge in [-0.2, -0.15) is 9.97 Å². The summed E-state index contributed by atoms with van der Waals surface area (Å²) in [6.45, 7) is 0. The van der Waals surface area contributed by atoms with Crippen LogP contribution >= 0.6 is 0 Å². The molecule has 0 aliphatic carbocycles. The van der Waals surface area contributed by atoms with Gasteiger partial charge in [0.2, 0.25) is 12.2 Å². The first-order valence-electron chi connectivity index (χ1n) is 24.3. The largest absolute Gasteiger partial charge is 0.464 e. The second-order valence-electron chi connectivity index (χ2n) is 18.3. The van der Waals surface area contributed by atoms with Crippen LogP contribution in [0.4, 0.5) is 11.4 Å². The van der Waals surface area contributed by atoms with Gasteiger partial charge in [0.25, 0.3) is 0 Å². The number of para-hydroxylation sites is 3. The molecule has 13 aromatic rings. The summed E-state index contributed by atoms with van der Waals surface area (Å²) in [7, 11) is -2.90. The highest BCUT2D eigenvalue weighted by Gasteiger charge is 2.41. The van der Waals surface area contributed by atoms with Gasteiger partial charge in [0.1, 0.15) is 16.8 Å². The molecule has 72 heavy (non-hydrogen) atoms. The zero-order chi connectivity index (χ0) is 47.6. The van der Waals surface area contributed by atoms with Crippen molar-refractivity contribution >= 4 is 83.9 Å². The summed E-state index contributed by atoms with van der Waals surface area (Å²) in [6, 6.07) is 90.0. The van der Waals surface area contributed by atoms with Gasteiger partial charge in [-0.05, 0) is 63.2 Å². The van der Waals surface area contributed by atoms with Crippen LogP contribution in [0.1, 0.15) is 11.8 Å². The molecule has 1 unspecified atom stereocenters. The van der Waals surface area contributed by atoms with Crippen molar-refractivity contribution in [2.45, 2.75) is 6.23 Å². The minimum absolute atomic E-state index is 0.362. The molecule has 0 N–H and O–H groups in total. The normalized spacial score (nSPS) is 13.5. The molecule has 7 nitrogen and oxygen atoms in total. The summed E-state index contributed by atoms with van der Waals surface area (Å²) in [5.41, 5.74) is 8.22. The second-order valence-corrected chi connectivity index (χ2v) is 22.1. The Morgan fingerprint density at radius 3 is 1.69 bits per heavy atom. The van der Waals surface area contributed by atoms with Crippen molar-refractivity contribution in [3.05, 3.63) is 260 Å². The molecule has 14 rings (SSSR count). The van der Waals surface area contributed by atoms with E-state index in [0.29, 0.717) is 17.6 Å². The highest BCUT2D eigenvalue weighted by molar-refractivity contribution is 7.19. The standard InChI is InChI=1S/C64H43N5O2Si/c1-6-21-43(22-7-1)61-65-62(45-25-20-32-50(41-45)72(47-26-10-3-11-27-47,48-28-12-4-13-29-48)49-30-14-5-15-31-49)67-64(66-61)69-55-40-37-46(68-56-34-17-19-36-58(56)71-63(68)44-23-8-2-9-24-44)42-54(55)52-38-39-53-51-33-16-18-35-57(51)70-60(53)59(52)69/h1-42,63H. The van der Waals surface area contributed by atoms with Gasteiger partial charge in [0.05, 0.1) is 11.2 Å². The fraction of sp³-hybridized carbons (Fsp3) is 0.0156. The molecule has 0 saturated carbocycles. The summed E-state index contributed by atoms with van der Waals surface area (Å²) in [5.74, 6) is 2.46. The Kier molecular flexibility index (Phi) is 9.79. The van der Waals surface area contributed by atoms with Gasteiger partial charge in [0, 0.05) is 43.9 Å². The van der Waals surface area contributed by atoms with Crippen LogP contribution in [-0.4, -0.2) is 27.6 Å². The third kappa shape index (κ3) is 6.61. The lowest BCUT2D eigenvalue weighted by atomic mass is 10.1. The van der Waals surface area contributed by atoms with Gasteiger partial charge in [-0.15, -0.1) is 0 Å². The van der Waals surface area contributed by atoms with E-state index < -0.39 is 8.07 Å². The SMILES string of the molecule is c1ccc(-c2nc(-c3cccc([Si](c4ccccc4)(c4ccccc4)c4ccccc4)c3)nc(-n3c4ccc(N5c6ccccc6OC5c5ccccc5)cc4c4ccc5c6ccccc6oc5c43)n2)cc1. The molecule has 340 valence electrons. The molecule has 1 aliphatic rings. The second kappa shape index (κ2) is 16.9. The molecule has 0 fully saturated rings. The van der Waals surface area contributed by atoms with E-state index in [1.165, 1.54) is 20.7 Å². The van der Waals surface area contributed by atoms with Crippen LogP contribution in [-0.2, 0) is 0 Å². The Balaban J connectivity index is 1.03. The van der Waals surface area contributed by atoms with Crippen LogP contribution < -0.4 is 30.4 Å². The number of furan rings is 1. The van der Waals surface area contributed by atoms with E-state index in [9.17, 15) is 0 Å². The van der Waals surface area contributed by atoms with E-state index in [1.54, 1.807) is 0 Å². The van der Waals surface area contributed by atoms with Gasteiger partial charge in [0.15, 0.2) is 25.3 Å². The number of fused-ring (bicyclic) bond motifs is 8. The Morgan fingerprint density at radius 2 is 0.986 bits per heavy atom. The van der Waals surface area contributed by atoms with Crippen LogP contribution in [0.3, 0.4) is 0 Å². The molecule has 1 atom stereocenters. The molecule has 1 aliphatic heterocycles. The van der Waals surface area contributed by atoms with E-state index >= 15 is 0 Å². The first-order chi connectivity index (χ1) is 35.7. The van der Waals surface area contributed by atoms with Crippen LogP contribution in [0.15, 0.2) is 259 Å². The first-order valence-corrected chi connectivity index (χ1v) is 26.3. The molecule has 3 aromatic heterocycles. The number of aromatic nitrogens is 4. The fourth-order valence-electron chi connectivity index (χ4n) is 11.1. The molecule has 4 heterocycles. The highest BCUT2D eigenvalue weighted by atomic mass is 28.3. The van der Waals surface area contributed by atoms with Crippen molar-refractivity contribution in [1.29, 1.82) is 0 Å². The molecular weight excluding hydrogens is 899 g/mol. The third-order valence-corrected chi connectivity index (χ3v) is 19.0. The molecule has 0 radical (unpaired) electrons. The summed E-state index contributed by atoms with van der Waals surface area (Å²) in [5, 5.41) is 9.19. The Bertz CT molecular complexity index is 4050. The van der Waals surface area contributed by atoms with Crippen LogP contribution in [0.2, 0.25) is 0 Å². The molecule has 10 aromatic carbocycles. The van der Waals surface area contributed by atoms with E-state index in [1.807, 2.05) is 48.5 Å². The number of hydrogen-bond acceptors (Lipinski definition) is 6. The maximum atomic E-state index is 6.90. The Hall–Kier alpha value is -9.37. The lowest BCUT2D eigenvalue weighted by Gasteiger charge is -2.34. The minimum Gasteiger partial charge on any atom is -0.464 e. The Labute approximate surface area is 416 Å². The molecule has 8 heteroatoms. The predicted octanol–water partition coefficient (Wildman–Crippen LogP) is 12.8. The number of benzene rings is 10. The molecule has 0 saturated heterocycles. The summed E-state index contributed by atoms with van der Waals surface area (Å²) in [6.07, 6.45) is -0.362. The predicted molar refractivity (Wildman–Crippen MR) is 294 cm³/mol. The van der Waals surface area contributed by atoms with Crippen molar-refractivity contribution in [1.82, 2.24) is 19.5 Å². The molecule has 0 spiro atoms. The smallest absolute Gasteiger partial charge is 0.238 e. The highest BCUT2D eigenvalue weighted by Crippen LogP contribution is 2.49. The van der Waals surface area contributed by atoms with Crippen LogP contribution in [0, 0.1) is 0 Å². The molecule has 0 bridgehead atoms. The number of nitrogens with zero attached hydrogens (tertiary/aromatic N) is 5. The van der Waals surface area contributed by atoms with Crippen molar-refractivity contribution in [2.75, 3.05) is 4.90 Å². The average molecular weight is 942 g/mol. The summed E-state index contributed by atoms with van der Waals surface area (Å²) in [4.78, 5) is 18.6. The van der Waals surface area contributed by atoms with Crippen LogP contribution in [0.5, 0.6) is 5.75 Å². The summed E-state index contributed by atoms with van der Waals surface area (Å²) < 4.78 is 15.8. The quantitative estimate of drug-likeness (QED) is 0.106. The zero-order valence-electron chi connectivity index (χ0n) is 38.9. The van der Waals surface area contributed by atoms with Gasteiger partial charge in [-0.1, -0.05) is 212 Å². The average Bonchev–Trinajstić information content (AvgIpc) is 4.15. The topological polar surface area (TPSA) is 69.2 Å². The van der Waals surface area contributed by atoms with Crippen molar-refractivity contribution in [3.8, 4) is 34.5 Å². The van der Waals surface area contributed by atoms with Crippen molar-refractivity contribution in [2.24, 2.45) is 0 Å². The first kappa shape index (κ1) is 41.6. The lowest BCUT2D eigenvalue weighted by Crippen LogP contribution is -2.74. The zero-order valence-corrected chi connectivity index (χ0v) is 39.9. The van der Waals surface area contributed by atoms with E-state index in [2.05, 4.69) is 216 Å². The van der Waals surface area contributed by atoms with Crippen LogP contribution in [0.25, 0.3) is 72.5 Å². The number of rotatable bonds is 9. The van der Waals surface area contributed by atoms with E-state index in [-0.39, 0.29) is 6.23 Å². The molecule has 0 amide bonds. The number of anilines is 2.